The first-order valence-electron chi connectivity index (χ1n) is 7.13. The minimum atomic E-state index is 0.463. The van der Waals surface area contributed by atoms with Gasteiger partial charge in [-0.05, 0) is 30.7 Å². The third-order valence-corrected chi connectivity index (χ3v) is 3.58. The number of rotatable bonds is 6. The predicted octanol–water partition coefficient (Wildman–Crippen LogP) is 2.96. The zero-order chi connectivity index (χ0) is 13.5. The average molecular weight is 260 g/mol. The molecule has 0 unspecified atom stereocenters. The van der Waals surface area contributed by atoms with Gasteiger partial charge in [0.1, 0.15) is 0 Å². The fourth-order valence-electron chi connectivity index (χ4n) is 2.57. The highest BCUT2D eigenvalue weighted by molar-refractivity contribution is 5.60. The quantitative estimate of drug-likeness (QED) is 0.735. The Kier molecular flexibility index (Phi) is 5.40. The molecule has 2 rings (SSSR count). The van der Waals surface area contributed by atoms with E-state index >= 15 is 0 Å². The lowest BCUT2D eigenvalue weighted by atomic mass is 10.0. The van der Waals surface area contributed by atoms with Crippen molar-refractivity contribution in [2.75, 3.05) is 20.3 Å². The van der Waals surface area contributed by atoms with Crippen molar-refractivity contribution >= 4 is 6.21 Å². The number of hydrogen-bond donors (Lipinski definition) is 0. The van der Waals surface area contributed by atoms with Gasteiger partial charge in [-0.3, -0.25) is 5.01 Å². The molecule has 1 fully saturated rings. The highest BCUT2D eigenvalue weighted by Gasteiger charge is 2.22. The molecule has 0 spiro atoms. The van der Waals surface area contributed by atoms with Crippen molar-refractivity contribution in [3.05, 3.63) is 35.9 Å². The van der Waals surface area contributed by atoms with Crippen LogP contribution in [0.15, 0.2) is 35.4 Å². The Hall–Kier alpha value is -1.35. The van der Waals surface area contributed by atoms with Gasteiger partial charge in [0, 0.05) is 19.9 Å². The van der Waals surface area contributed by atoms with Crippen LogP contribution in [0.2, 0.25) is 0 Å². The minimum absolute atomic E-state index is 0.463. The monoisotopic (exact) mass is 260 g/mol. The summed E-state index contributed by atoms with van der Waals surface area (Å²) in [5, 5.41) is 6.83. The maximum atomic E-state index is 5.24. The summed E-state index contributed by atoms with van der Waals surface area (Å²) in [6.07, 6.45) is 5.55. The Bertz CT molecular complexity index is 391. The summed E-state index contributed by atoms with van der Waals surface area (Å²) in [4.78, 5) is 0. The molecule has 1 aliphatic rings. The van der Waals surface area contributed by atoms with Gasteiger partial charge >= 0.3 is 0 Å². The van der Waals surface area contributed by atoms with Crippen molar-refractivity contribution in [1.29, 1.82) is 0 Å². The smallest absolute Gasteiger partial charge is 0.0704 e. The zero-order valence-corrected chi connectivity index (χ0v) is 12.0. The first kappa shape index (κ1) is 14.1. The van der Waals surface area contributed by atoms with Crippen LogP contribution in [0.25, 0.3) is 0 Å². The fraction of sp³-hybridized carbons (Fsp3) is 0.562. The van der Waals surface area contributed by atoms with E-state index in [1.165, 1.54) is 18.4 Å². The molecule has 1 heterocycles. The third-order valence-electron chi connectivity index (χ3n) is 3.58. The topological polar surface area (TPSA) is 24.8 Å². The summed E-state index contributed by atoms with van der Waals surface area (Å²) in [6.45, 7) is 4.06. The fourth-order valence-corrected chi connectivity index (χ4v) is 2.57. The standard InChI is InChI=1S/C16H24N2O/c1-14(11-15-7-4-3-5-8-15)12-17-18-10-6-9-16(18)13-19-2/h3-5,7-8,12,14,16H,6,9-11,13H2,1-2H3/b17-12-/t14-,16-/m0/s1. The van der Waals surface area contributed by atoms with Crippen molar-refractivity contribution < 1.29 is 4.74 Å². The summed E-state index contributed by atoms with van der Waals surface area (Å²) < 4.78 is 5.24. The van der Waals surface area contributed by atoms with E-state index in [-0.39, 0.29) is 0 Å². The molecule has 0 bridgehead atoms. The van der Waals surface area contributed by atoms with Gasteiger partial charge in [0.2, 0.25) is 0 Å². The zero-order valence-electron chi connectivity index (χ0n) is 12.0. The van der Waals surface area contributed by atoms with Crippen LogP contribution in [-0.4, -0.2) is 37.5 Å². The minimum Gasteiger partial charge on any atom is -0.382 e. The molecule has 0 radical (unpaired) electrons. The Morgan fingerprint density at radius 1 is 1.42 bits per heavy atom. The molecule has 1 saturated heterocycles. The van der Waals surface area contributed by atoms with Gasteiger partial charge in [0.25, 0.3) is 0 Å². The highest BCUT2D eigenvalue weighted by atomic mass is 16.5. The molecule has 0 aromatic heterocycles. The molecular weight excluding hydrogens is 236 g/mol. The average Bonchev–Trinajstić information content (AvgIpc) is 2.85. The van der Waals surface area contributed by atoms with Crippen LogP contribution >= 0.6 is 0 Å². The van der Waals surface area contributed by atoms with Crippen molar-refractivity contribution in [2.45, 2.75) is 32.2 Å². The lowest BCUT2D eigenvalue weighted by Crippen LogP contribution is -2.28. The lowest BCUT2D eigenvalue weighted by molar-refractivity contribution is 0.118. The first-order chi connectivity index (χ1) is 9.29. The van der Waals surface area contributed by atoms with Crippen LogP contribution in [0.4, 0.5) is 0 Å². The Balaban J connectivity index is 1.84. The van der Waals surface area contributed by atoms with Gasteiger partial charge in [-0.25, -0.2) is 0 Å². The molecule has 0 saturated carbocycles. The van der Waals surface area contributed by atoms with Crippen LogP contribution in [0.1, 0.15) is 25.3 Å². The third kappa shape index (κ3) is 4.35. The number of hydrazone groups is 1. The molecule has 1 aliphatic heterocycles. The van der Waals surface area contributed by atoms with Gasteiger partial charge in [-0.1, -0.05) is 37.3 Å². The summed E-state index contributed by atoms with van der Waals surface area (Å²) >= 11 is 0. The SMILES string of the molecule is COC[C@@H]1CCCN1/N=C\[C@@H](C)Cc1ccccc1. The van der Waals surface area contributed by atoms with Gasteiger partial charge in [0.05, 0.1) is 12.6 Å². The molecule has 0 N–H and O–H groups in total. The van der Waals surface area contributed by atoms with E-state index in [0.29, 0.717) is 12.0 Å². The van der Waals surface area contributed by atoms with E-state index < -0.39 is 0 Å². The van der Waals surface area contributed by atoms with Crippen molar-refractivity contribution in [3.63, 3.8) is 0 Å². The highest BCUT2D eigenvalue weighted by Crippen LogP contribution is 2.17. The van der Waals surface area contributed by atoms with E-state index in [1.807, 2.05) is 0 Å². The number of benzene rings is 1. The van der Waals surface area contributed by atoms with Crippen LogP contribution < -0.4 is 0 Å². The van der Waals surface area contributed by atoms with Crippen molar-refractivity contribution in [1.82, 2.24) is 5.01 Å². The second-order valence-electron chi connectivity index (χ2n) is 5.35. The Morgan fingerprint density at radius 2 is 2.21 bits per heavy atom. The molecule has 0 amide bonds. The van der Waals surface area contributed by atoms with Crippen LogP contribution in [0.3, 0.4) is 0 Å². The van der Waals surface area contributed by atoms with Gasteiger partial charge in [-0.2, -0.15) is 5.10 Å². The van der Waals surface area contributed by atoms with Crippen molar-refractivity contribution in [3.8, 4) is 0 Å². The van der Waals surface area contributed by atoms with Crippen LogP contribution in [-0.2, 0) is 11.2 Å². The maximum Gasteiger partial charge on any atom is 0.0704 e. The second-order valence-corrected chi connectivity index (χ2v) is 5.35. The second kappa shape index (κ2) is 7.29. The van der Waals surface area contributed by atoms with Gasteiger partial charge in [-0.15, -0.1) is 0 Å². The molecule has 19 heavy (non-hydrogen) atoms. The van der Waals surface area contributed by atoms with Crippen LogP contribution in [0.5, 0.6) is 0 Å². The van der Waals surface area contributed by atoms with E-state index in [9.17, 15) is 0 Å². The molecule has 104 valence electrons. The summed E-state index contributed by atoms with van der Waals surface area (Å²) in [5.74, 6) is 0.464. The largest absolute Gasteiger partial charge is 0.382 e. The molecular formula is C16H24N2O. The lowest BCUT2D eigenvalue weighted by Gasteiger charge is -2.21. The Morgan fingerprint density at radius 3 is 2.95 bits per heavy atom. The van der Waals surface area contributed by atoms with Crippen molar-refractivity contribution in [2.24, 2.45) is 11.0 Å². The summed E-state index contributed by atoms with van der Waals surface area (Å²) in [7, 11) is 1.76. The molecule has 3 heteroatoms. The first-order valence-corrected chi connectivity index (χ1v) is 7.13. The molecule has 0 aliphatic carbocycles. The van der Waals surface area contributed by atoms with E-state index in [0.717, 1.165) is 19.6 Å². The Labute approximate surface area is 116 Å². The summed E-state index contributed by atoms with van der Waals surface area (Å²) in [6, 6.07) is 11.1. The molecule has 3 nitrogen and oxygen atoms in total. The number of ether oxygens (including phenoxy) is 1. The van der Waals surface area contributed by atoms with E-state index in [1.54, 1.807) is 7.11 Å². The van der Waals surface area contributed by atoms with E-state index in [4.69, 9.17) is 4.74 Å². The van der Waals surface area contributed by atoms with Crippen LogP contribution in [0, 0.1) is 5.92 Å². The number of hydrogen-bond acceptors (Lipinski definition) is 3. The normalized spacial score (nSPS) is 21.2. The number of nitrogens with zero attached hydrogens (tertiary/aromatic N) is 2. The molecule has 1 aromatic carbocycles. The van der Waals surface area contributed by atoms with E-state index in [2.05, 4.69) is 53.6 Å². The number of methoxy groups -OCH3 is 1. The van der Waals surface area contributed by atoms with Gasteiger partial charge in [0.15, 0.2) is 0 Å². The predicted molar refractivity (Wildman–Crippen MR) is 79.4 cm³/mol. The molecule has 2 atom stereocenters. The summed E-state index contributed by atoms with van der Waals surface area (Å²) in [5.41, 5.74) is 1.37. The van der Waals surface area contributed by atoms with Gasteiger partial charge < -0.3 is 4.74 Å². The maximum absolute atomic E-state index is 5.24. The molecule has 1 aromatic rings.